The maximum atomic E-state index is 4.98. The summed E-state index contributed by atoms with van der Waals surface area (Å²) in [6.45, 7) is 0. The van der Waals surface area contributed by atoms with Crippen LogP contribution in [-0.4, -0.2) is 19.5 Å². The topological polar surface area (TPSA) is 43.6 Å². The van der Waals surface area contributed by atoms with Gasteiger partial charge in [-0.05, 0) is 81.9 Å². The Labute approximate surface area is 319 Å². The zero-order chi connectivity index (χ0) is 36.6. The molecule has 0 amide bonds. The molecule has 10 aromatic rings. The van der Waals surface area contributed by atoms with E-state index in [1.165, 1.54) is 38.6 Å². The number of fused-ring (bicyclic) bond motifs is 3. The van der Waals surface area contributed by atoms with Crippen LogP contribution in [0.2, 0.25) is 0 Å². The van der Waals surface area contributed by atoms with Gasteiger partial charge in [0.1, 0.15) is 0 Å². The summed E-state index contributed by atoms with van der Waals surface area (Å²) < 4.78 is 2.39. The van der Waals surface area contributed by atoms with Crippen LogP contribution in [0.15, 0.2) is 206 Å². The molecule has 0 N–H and O–H groups in total. The minimum Gasteiger partial charge on any atom is -0.309 e. The molecule has 0 atom stereocenters. The van der Waals surface area contributed by atoms with Crippen molar-refractivity contribution in [3.63, 3.8) is 0 Å². The van der Waals surface area contributed by atoms with Crippen molar-refractivity contribution in [2.75, 3.05) is 0 Å². The van der Waals surface area contributed by atoms with E-state index in [0.717, 1.165) is 39.0 Å². The quantitative estimate of drug-likeness (QED) is 0.166. The molecule has 0 bridgehead atoms. The molecule has 0 fully saturated rings. The maximum Gasteiger partial charge on any atom is 0.164 e. The van der Waals surface area contributed by atoms with E-state index in [1.54, 1.807) is 0 Å². The summed E-state index contributed by atoms with van der Waals surface area (Å²) in [5, 5.41) is 2.44. The maximum absolute atomic E-state index is 4.98. The number of hydrogen-bond acceptors (Lipinski definition) is 3. The number of rotatable bonds is 7. The van der Waals surface area contributed by atoms with Crippen molar-refractivity contribution in [2.24, 2.45) is 0 Å². The lowest BCUT2D eigenvalue weighted by molar-refractivity contribution is 1.07. The van der Waals surface area contributed by atoms with Crippen molar-refractivity contribution >= 4 is 21.8 Å². The number of hydrogen-bond donors (Lipinski definition) is 0. The molecule has 258 valence electrons. The number of benzene rings is 8. The van der Waals surface area contributed by atoms with Crippen LogP contribution in [0.4, 0.5) is 0 Å². The first-order valence-corrected chi connectivity index (χ1v) is 18.5. The van der Waals surface area contributed by atoms with Gasteiger partial charge in [-0.25, -0.2) is 15.0 Å². The molecule has 0 unspecified atom stereocenters. The number of nitrogens with zero attached hydrogens (tertiary/aromatic N) is 4. The van der Waals surface area contributed by atoms with Gasteiger partial charge in [0.05, 0.1) is 11.0 Å². The van der Waals surface area contributed by atoms with E-state index in [2.05, 4.69) is 150 Å². The fourth-order valence-electron chi connectivity index (χ4n) is 7.59. The van der Waals surface area contributed by atoms with E-state index in [4.69, 9.17) is 15.0 Å². The van der Waals surface area contributed by atoms with E-state index in [9.17, 15) is 0 Å². The Bertz CT molecular complexity index is 2880. The van der Waals surface area contributed by atoms with E-state index in [0.29, 0.717) is 17.5 Å². The van der Waals surface area contributed by atoms with Gasteiger partial charge in [0.25, 0.3) is 0 Å². The van der Waals surface area contributed by atoms with Crippen LogP contribution in [0.1, 0.15) is 0 Å². The largest absolute Gasteiger partial charge is 0.309 e. The molecule has 0 spiro atoms. The Morgan fingerprint density at radius 1 is 0.291 bits per heavy atom. The van der Waals surface area contributed by atoms with Crippen LogP contribution in [-0.2, 0) is 0 Å². The third-order valence-corrected chi connectivity index (χ3v) is 10.2. The molecule has 4 nitrogen and oxygen atoms in total. The Hall–Kier alpha value is -7.43. The van der Waals surface area contributed by atoms with E-state index < -0.39 is 0 Å². The van der Waals surface area contributed by atoms with Crippen LogP contribution in [0, 0.1) is 0 Å². The second kappa shape index (κ2) is 13.8. The molecule has 0 radical (unpaired) electrons. The van der Waals surface area contributed by atoms with Gasteiger partial charge in [0, 0.05) is 33.2 Å². The van der Waals surface area contributed by atoms with Crippen LogP contribution >= 0.6 is 0 Å². The first-order valence-electron chi connectivity index (χ1n) is 18.5. The van der Waals surface area contributed by atoms with Gasteiger partial charge in [-0.2, -0.15) is 0 Å². The van der Waals surface area contributed by atoms with Crippen LogP contribution in [0.5, 0.6) is 0 Å². The summed E-state index contributed by atoms with van der Waals surface area (Å²) in [5.74, 6) is 1.93. The van der Waals surface area contributed by atoms with Crippen molar-refractivity contribution in [3.8, 4) is 73.2 Å². The van der Waals surface area contributed by atoms with Gasteiger partial charge in [-0.3, -0.25) is 0 Å². The van der Waals surface area contributed by atoms with Gasteiger partial charge in [-0.1, -0.05) is 158 Å². The SMILES string of the molecule is c1ccc(-c2cccc(-c3cc(-c4ccccc4)c4c5ccccc5n(-c5ccc(-c6nc(-c7ccccc7)nc(-c7ccccc7)n6)cc5)c4c3)c2)cc1. The highest BCUT2D eigenvalue weighted by Crippen LogP contribution is 2.42. The minimum atomic E-state index is 0.633. The summed E-state index contributed by atoms with van der Waals surface area (Å²) in [7, 11) is 0. The molecule has 4 heteroatoms. The molecule has 2 aromatic heterocycles. The smallest absolute Gasteiger partial charge is 0.164 e. The molecule has 55 heavy (non-hydrogen) atoms. The van der Waals surface area contributed by atoms with Gasteiger partial charge in [0.2, 0.25) is 0 Å². The summed E-state index contributed by atoms with van der Waals surface area (Å²) in [4.78, 5) is 14.9. The van der Waals surface area contributed by atoms with Gasteiger partial charge in [-0.15, -0.1) is 0 Å². The first-order chi connectivity index (χ1) is 27.3. The molecule has 0 saturated heterocycles. The van der Waals surface area contributed by atoms with E-state index >= 15 is 0 Å². The highest BCUT2D eigenvalue weighted by atomic mass is 15.0. The van der Waals surface area contributed by atoms with E-state index in [1.807, 2.05) is 60.7 Å². The zero-order valence-corrected chi connectivity index (χ0v) is 29.9. The normalized spacial score (nSPS) is 11.3. The third-order valence-electron chi connectivity index (χ3n) is 10.2. The molecule has 2 heterocycles. The Balaban J connectivity index is 1.15. The summed E-state index contributed by atoms with van der Waals surface area (Å²) in [6.07, 6.45) is 0. The highest BCUT2D eigenvalue weighted by Gasteiger charge is 2.19. The van der Waals surface area contributed by atoms with Crippen molar-refractivity contribution in [2.45, 2.75) is 0 Å². The number of para-hydroxylation sites is 1. The average molecular weight is 703 g/mol. The molecular formula is C51H34N4. The third kappa shape index (κ3) is 6.06. The van der Waals surface area contributed by atoms with Crippen molar-refractivity contribution in [3.05, 3.63) is 206 Å². The lowest BCUT2D eigenvalue weighted by Crippen LogP contribution is -2.00. The molecule has 0 aliphatic rings. The minimum absolute atomic E-state index is 0.633. The monoisotopic (exact) mass is 702 g/mol. The van der Waals surface area contributed by atoms with Crippen LogP contribution in [0.25, 0.3) is 95.0 Å². The van der Waals surface area contributed by atoms with Crippen LogP contribution < -0.4 is 0 Å². The second-order valence-electron chi connectivity index (χ2n) is 13.7. The molecule has 0 aliphatic heterocycles. The molecule has 0 aliphatic carbocycles. The second-order valence-corrected chi connectivity index (χ2v) is 13.7. The predicted octanol–water partition coefficient (Wildman–Crippen LogP) is 13.0. The molecule has 10 rings (SSSR count). The fourth-order valence-corrected chi connectivity index (χ4v) is 7.59. The Kier molecular flexibility index (Phi) is 8.12. The summed E-state index contributed by atoms with van der Waals surface area (Å²) in [5.41, 5.74) is 13.3. The predicted molar refractivity (Wildman–Crippen MR) is 227 cm³/mol. The van der Waals surface area contributed by atoms with E-state index in [-0.39, 0.29) is 0 Å². The molecular weight excluding hydrogens is 669 g/mol. The first kappa shape index (κ1) is 32.2. The standard InChI is InChI=1S/C51H34N4/c1-5-16-35(17-6-1)40-24-15-25-41(32-40)42-33-45(36-18-7-2-8-19-36)48-44-26-13-14-27-46(44)55(47(48)34-42)43-30-28-39(29-31-43)51-53-49(37-20-9-3-10-21-37)52-50(54-51)38-22-11-4-12-23-38/h1-34H. The Morgan fingerprint density at radius 2 is 0.745 bits per heavy atom. The molecule has 0 saturated carbocycles. The zero-order valence-electron chi connectivity index (χ0n) is 29.9. The Morgan fingerprint density at radius 3 is 1.33 bits per heavy atom. The van der Waals surface area contributed by atoms with Gasteiger partial charge in [0.15, 0.2) is 17.5 Å². The van der Waals surface area contributed by atoms with Crippen molar-refractivity contribution < 1.29 is 0 Å². The van der Waals surface area contributed by atoms with Crippen molar-refractivity contribution in [1.29, 1.82) is 0 Å². The summed E-state index contributed by atoms with van der Waals surface area (Å²) in [6, 6.07) is 72.4. The van der Waals surface area contributed by atoms with Crippen molar-refractivity contribution in [1.82, 2.24) is 19.5 Å². The average Bonchev–Trinajstić information content (AvgIpc) is 3.61. The van der Waals surface area contributed by atoms with Gasteiger partial charge < -0.3 is 4.57 Å². The lowest BCUT2D eigenvalue weighted by atomic mass is 9.93. The number of aromatic nitrogens is 4. The highest BCUT2D eigenvalue weighted by molar-refractivity contribution is 6.17. The van der Waals surface area contributed by atoms with Crippen LogP contribution in [0.3, 0.4) is 0 Å². The molecule has 8 aromatic carbocycles. The fraction of sp³-hybridized carbons (Fsp3) is 0. The lowest BCUT2D eigenvalue weighted by Gasteiger charge is -2.13. The summed E-state index contributed by atoms with van der Waals surface area (Å²) >= 11 is 0. The van der Waals surface area contributed by atoms with Gasteiger partial charge >= 0.3 is 0 Å².